The monoisotopic (exact) mass is 246 g/mol. The van der Waals surface area contributed by atoms with Crippen molar-refractivity contribution < 1.29 is 9.15 Å². The van der Waals surface area contributed by atoms with Crippen molar-refractivity contribution in [3.63, 3.8) is 0 Å². The first-order valence-electron chi connectivity index (χ1n) is 5.47. The van der Waals surface area contributed by atoms with Gasteiger partial charge in [-0.15, -0.1) is 0 Å². The summed E-state index contributed by atoms with van der Waals surface area (Å²) >= 11 is 0. The maximum Gasteiger partial charge on any atom is 0.304 e. The summed E-state index contributed by atoms with van der Waals surface area (Å²) in [7, 11) is 3.18. The second-order valence-electron chi connectivity index (χ2n) is 3.82. The Labute approximate surface area is 104 Å². The molecule has 94 valence electrons. The highest BCUT2D eigenvalue weighted by atomic mass is 16.5. The van der Waals surface area contributed by atoms with E-state index < -0.39 is 0 Å². The van der Waals surface area contributed by atoms with Gasteiger partial charge < -0.3 is 9.15 Å². The lowest BCUT2D eigenvalue weighted by Gasteiger charge is -2.03. The van der Waals surface area contributed by atoms with Crippen LogP contribution in [0.15, 0.2) is 44.5 Å². The Bertz CT molecular complexity index is 683. The van der Waals surface area contributed by atoms with Crippen molar-refractivity contribution in [3.8, 4) is 5.75 Å². The van der Waals surface area contributed by atoms with Crippen LogP contribution in [0.25, 0.3) is 0 Å². The van der Waals surface area contributed by atoms with E-state index in [1.807, 2.05) is 12.1 Å². The first-order valence-corrected chi connectivity index (χ1v) is 5.47. The van der Waals surface area contributed by atoms with Crippen molar-refractivity contribution in [3.05, 3.63) is 52.1 Å². The quantitative estimate of drug-likeness (QED) is 0.807. The fourth-order valence-corrected chi connectivity index (χ4v) is 1.53. The number of aromatic nitrogens is 1. The number of nitrogens with zero attached hydrogens (tertiary/aromatic N) is 2. The summed E-state index contributed by atoms with van der Waals surface area (Å²) in [6.07, 6.45) is 0. The summed E-state index contributed by atoms with van der Waals surface area (Å²) in [4.78, 5) is 15.9. The molecule has 2 aromatic rings. The Morgan fingerprint density at radius 2 is 2.06 bits per heavy atom. The smallest absolute Gasteiger partial charge is 0.304 e. The van der Waals surface area contributed by atoms with Crippen molar-refractivity contribution in [2.75, 3.05) is 7.11 Å². The Kier molecular flexibility index (Phi) is 3.32. The standard InChI is InChI=1S/C13H14N2O3/c1-9-8-12(16)15(2)13(18-9)14-10-6-4-5-7-11(10)17-3/h4-8H,1-3H3. The van der Waals surface area contributed by atoms with Gasteiger partial charge in [0, 0.05) is 13.1 Å². The lowest BCUT2D eigenvalue weighted by Crippen LogP contribution is -2.30. The van der Waals surface area contributed by atoms with Crippen molar-refractivity contribution >= 4 is 5.69 Å². The number of hydrogen-bond donors (Lipinski definition) is 0. The van der Waals surface area contributed by atoms with E-state index in [4.69, 9.17) is 9.15 Å². The number of benzene rings is 1. The Balaban J connectivity index is 2.68. The van der Waals surface area contributed by atoms with E-state index in [9.17, 15) is 4.79 Å². The highest BCUT2D eigenvalue weighted by Crippen LogP contribution is 2.25. The molecule has 0 amide bonds. The molecule has 5 heteroatoms. The zero-order chi connectivity index (χ0) is 13.1. The molecular formula is C13H14N2O3. The van der Waals surface area contributed by atoms with Gasteiger partial charge in [0.05, 0.1) is 7.11 Å². The summed E-state index contributed by atoms with van der Waals surface area (Å²) in [5.74, 6) is 1.15. The molecule has 0 atom stereocenters. The molecular weight excluding hydrogens is 232 g/mol. The van der Waals surface area contributed by atoms with Gasteiger partial charge in [-0.05, 0) is 19.1 Å². The molecule has 1 heterocycles. The number of rotatable bonds is 2. The van der Waals surface area contributed by atoms with E-state index in [2.05, 4.69) is 4.99 Å². The van der Waals surface area contributed by atoms with Crippen LogP contribution in [0.5, 0.6) is 5.75 Å². The molecule has 18 heavy (non-hydrogen) atoms. The third-order valence-corrected chi connectivity index (χ3v) is 2.50. The van der Waals surface area contributed by atoms with Crippen LogP contribution in [0.4, 0.5) is 5.69 Å². The number of aryl methyl sites for hydroxylation is 1. The Morgan fingerprint density at radius 3 is 2.78 bits per heavy atom. The summed E-state index contributed by atoms with van der Waals surface area (Å²) in [5.41, 5.74) is 0.696. The molecule has 0 aliphatic rings. The van der Waals surface area contributed by atoms with Crippen LogP contribution in [0.2, 0.25) is 0 Å². The SMILES string of the molecule is COc1ccccc1N=c1oc(C)cc(=O)n1C. The molecule has 0 saturated carbocycles. The number of ether oxygens (including phenoxy) is 1. The van der Waals surface area contributed by atoms with Gasteiger partial charge in [-0.2, -0.15) is 4.99 Å². The van der Waals surface area contributed by atoms with E-state index in [-0.39, 0.29) is 11.2 Å². The maximum absolute atomic E-state index is 11.6. The predicted octanol–water partition coefficient (Wildman–Crippen LogP) is 1.53. The molecule has 0 spiro atoms. The van der Waals surface area contributed by atoms with Crippen LogP contribution in [0.1, 0.15) is 5.76 Å². The van der Waals surface area contributed by atoms with Gasteiger partial charge in [0.25, 0.3) is 5.56 Å². The molecule has 0 aliphatic carbocycles. The van der Waals surface area contributed by atoms with Gasteiger partial charge >= 0.3 is 5.68 Å². The van der Waals surface area contributed by atoms with Gasteiger partial charge in [0.2, 0.25) is 0 Å². The summed E-state index contributed by atoms with van der Waals surface area (Å²) in [6, 6.07) is 8.70. The second kappa shape index (κ2) is 4.91. The average Bonchev–Trinajstić information content (AvgIpc) is 2.36. The zero-order valence-electron chi connectivity index (χ0n) is 10.5. The molecule has 0 N–H and O–H groups in total. The summed E-state index contributed by atoms with van der Waals surface area (Å²) in [6.45, 7) is 1.71. The molecule has 5 nitrogen and oxygen atoms in total. The zero-order valence-corrected chi connectivity index (χ0v) is 10.5. The van der Waals surface area contributed by atoms with Gasteiger partial charge in [-0.1, -0.05) is 12.1 Å². The molecule has 0 bridgehead atoms. The fourth-order valence-electron chi connectivity index (χ4n) is 1.53. The largest absolute Gasteiger partial charge is 0.494 e. The Hall–Kier alpha value is -2.30. The van der Waals surface area contributed by atoms with Gasteiger partial charge in [-0.3, -0.25) is 9.36 Å². The average molecular weight is 246 g/mol. The summed E-state index contributed by atoms with van der Waals surface area (Å²) < 4.78 is 12.0. The van der Waals surface area contributed by atoms with E-state index in [0.717, 1.165) is 0 Å². The molecule has 2 rings (SSSR count). The minimum atomic E-state index is -0.160. The van der Waals surface area contributed by atoms with Gasteiger partial charge in [0.1, 0.15) is 17.2 Å². The molecule has 0 aliphatic heterocycles. The lowest BCUT2D eigenvalue weighted by atomic mass is 10.3. The Morgan fingerprint density at radius 1 is 1.33 bits per heavy atom. The second-order valence-corrected chi connectivity index (χ2v) is 3.82. The van der Waals surface area contributed by atoms with Crippen LogP contribution in [-0.4, -0.2) is 11.7 Å². The number of hydrogen-bond acceptors (Lipinski definition) is 4. The van der Waals surface area contributed by atoms with E-state index in [1.165, 1.54) is 10.6 Å². The highest BCUT2D eigenvalue weighted by molar-refractivity contribution is 5.50. The first-order chi connectivity index (χ1) is 8.61. The van der Waals surface area contributed by atoms with Crippen molar-refractivity contribution in [2.45, 2.75) is 6.92 Å². The minimum Gasteiger partial charge on any atom is -0.494 e. The molecule has 0 radical (unpaired) electrons. The third kappa shape index (κ3) is 2.34. The predicted molar refractivity (Wildman–Crippen MR) is 66.9 cm³/mol. The molecule has 0 saturated heterocycles. The maximum atomic E-state index is 11.6. The van der Waals surface area contributed by atoms with Crippen LogP contribution in [0, 0.1) is 6.92 Å². The number of para-hydroxylation sites is 2. The van der Waals surface area contributed by atoms with Crippen LogP contribution >= 0.6 is 0 Å². The third-order valence-electron chi connectivity index (χ3n) is 2.50. The normalized spacial score (nSPS) is 11.6. The molecule has 1 aromatic heterocycles. The molecule has 0 unspecified atom stereocenters. The highest BCUT2D eigenvalue weighted by Gasteiger charge is 2.02. The molecule has 1 aromatic carbocycles. The van der Waals surface area contributed by atoms with E-state index >= 15 is 0 Å². The number of methoxy groups -OCH3 is 1. The first kappa shape index (κ1) is 12.2. The van der Waals surface area contributed by atoms with Crippen molar-refractivity contribution in [2.24, 2.45) is 12.0 Å². The van der Waals surface area contributed by atoms with Crippen LogP contribution in [-0.2, 0) is 7.05 Å². The van der Waals surface area contributed by atoms with Crippen molar-refractivity contribution in [1.29, 1.82) is 0 Å². The molecule has 0 fully saturated rings. The van der Waals surface area contributed by atoms with Gasteiger partial charge in [0.15, 0.2) is 0 Å². The van der Waals surface area contributed by atoms with Crippen molar-refractivity contribution in [1.82, 2.24) is 4.57 Å². The topological polar surface area (TPSA) is 56.7 Å². The minimum absolute atomic E-state index is 0.160. The van der Waals surface area contributed by atoms with E-state index in [1.54, 1.807) is 33.2 Å². The van der Waals surface area contributed by atoms with Crippen LogP contribution < -0.4 is 16.0 Å². The summed E-state index contributed by atoms with van der Waals surface area (Å²) in [5, 5.41) is 0. The lowest BCUT2D eigenvalue weighted by molar-refractivity contribution is 0.398. The van der Waals surface area contributed by atoms with E-state index in [0.29, 0.717) is 17.2 Å². The van der Waals surface area contributed by atoms with Crippen LogP contribution in [0.3, 0.4) is 0 Å². The fraction of sp³-hybridized carbons (Fsp3) is 0.231. The van der Waals surface area contributed by atoms with Gasteiger partial charge in [-0.25, -0.2) is 0 Å².